The third kappa shape index (κ3) is 13.5. The van der Waals surface area contributed by atoms with E-state index in [1.54, 1.807) is 0 Å². The molecule has 0 spiro atoms. The molecule has 0 aliphatic carbocycles. The lowest BCUT2D eigenvalue weighted by Crippen LogP contribution is -2.03. The first-order valence-corrected chi connectivity index (χ1v) is 14.6. The Kier molecular flexibility index (Phi) is 18.7. The van der Waals surface area contributed by atoms with Gasteiger partial charge in [-0.25, -0.2) is 0 Å². The van der Waals surface area contributed by atoms with Crippen molar-refractivity contribution in [2.75, 3.05) is 0 Å². The van der Waals surface area contributed by atoms with Crippen LogP contribution >= 0.6 is 0 Å². The summed E-state index contributed by atoms with van der Waals surface area (Å²) in [6.07, 6.45) is 29.0. The van der Waals surface area contributed by atoms with Gasteiger partial charge in [0.25, 0.3) is 0 Å². The van der Waals surface area contributed by atoms with Crippen LogP contribution in [0.2, 0.25) is 0 Å². The molecule has 0 radical (unpaired) electrons. The summed E-state index contributed by atoms with van der Waals surface area (Å²) in [6, 6.07) is 4.21. The Bertz CT molecular complexity index is 548. The standard InChI is InChI=1S/C31H56O/c1-4-7-10-12-14-16-18-21-24-29-28(23-20-9-6-3)26-27-31(32)30(29)25-22-19-17-15-13-11-8-5-2/h26-27,32H,4-25H2,1-3H3. The van der Waals surface area contributed by atoms with Gasteiger partial charge in [0.05, 0.1) is 0 Å². The highest BCUT2D eigenvalue weighted by Gasteiger charge is 2.13. The summed E-state index contributed by atoms with van der Waals surface area (Å²) in [5.41, 5.74) is 4.32. The van der Waals surface area contributed by atoms with Gasteiger partial charge in [-0.3, -0.25) is 0 Å². The number of hydrogen-bond donors (Lipinski definition) is 1. The summed E-state index contributed by atoms with van der Waals surface area (Å²) in [6.45, 7) is 6.86. The number of hydrogen-bond acceptors (Lipinski definition) is 1. The molecule has 0 saturated heterocycles. The Labute approximate surface area is 201 Å². The monoisotopic (exact) mass is 444 g/mol. The Morgan fingerprint density at radius 3 is 1.31 bits per heavy atom. The van der Waals surface area contributed by atoms with E-state index in [0.29, 0.717) is 5.75 Å². The van der Waals surface area contributed by atoms with Crippen molar-refractivity contribution in [2.45, 2.75) is 162 Å². The zero-order chi connectivity index (χ0) is 23.3. The first kappa shape index (κ1) is 29.1. The largest absolute Gasteiger partial charge is 0.508 e. The topological polar surface area (TPSA) is 20.2 Å². The Morgan fingerprint density at radius 1 is 0.438 bits per heavy atom. The molecule has 1 N–H and O–H groups in total. The number of unbranched alkanes of at least 4 members (excludes halogenated alkanes) is 16. The quantitative estimate of drug-likeness (QED) is 0.176. The average molecular weight is 445 g/mol. The van der Waals surface area contributed by atoms with Gasteiger partial charge in [-0.15, -0.1) is 0 Å². The van der Waals surface area contributed by atoms with Gasteiger partial charge in [-0.2, -0.15) is 0 Å². The van der Waals surface area contributed by atoms with Crippen LogP contribution in [0.1, 0.15) is 159 Å². The summed E-state index contributed by atoms with van der Waals surface area (Å²) < 4.78 is 0. The summed E-state index contributed by atoms with van der Waals surface area (Å²) >= 11 is 0. The second-order valence-electron chi connectivity index (χ2n) is 10.1. The molecule has 0 heterocycles. The lowest BCUT2D eigenvalue weighted by atomic mass is 9.89. The molecular formula is C31H56O. The number of phenolic OH excluding ortho intramolecular Hbond substituents is 1. The predicted molar refractivity (Wildman–Crippen MR) is 144 cm³/mol. The first-order valence-electron chi connectivity index (χ1n) is 14.6. The molecule has 1 rings (SSSR count). The summed E-state index contributed by atoms with van der Waals surface area (Å²) in [5.74, 6) is 0.557. The van der Waals surface area contributed by atoms with E-state index in [1.165, 1.54) is 145 Å². The Hall–Kier alpha value is -0.980. The second-order valence-corrected chi connectivity index (χ2v) is 10.1. The molecule has 1 aromatic rings. The van der Waals surface area contributed by atoms with Crippen LogP contribution in [-0.2, 0) is 19.3 Å². The number of aromatic hydroxyl groups is 1. The van der Waals surface area contributed by atoms with Crippen LogP contribution in [0.5, 0.6) is 5.75 Å². The van der Waals surface area contributed by atoms with Gasteiger partial charge in [0, 0.05) is 0 Å². The SMILES string of the molecule is CCCCCCCCCCc1c(O)ccc(CCCCC)c1CCCCCCCCCC. The molecule has 0 bridgehead atoms. The van der Waals surface area contributed by atoms with Crippen molar-refractivity contribution in [1.29, 1.82) is 0 Å². The minimum atomic E-state index is 0.557. The van der Waals surface area contributed by atoms with Crippen LogP contribution in [0.3, 0.4) is 0 Å². The van der Waals surface area contributed by atoms with E-state index in [0.717, 1.165) is 12.8 Å². The van der Waals surface area contributed by atoms with Crippen LogP contribution in [0.15, 0.2) is 12.1 Å². The van der Waals surface area contributed by atoms with Crippen molar-refractivity contribution >= 4 is 0 Å². The molecule has 0 fully saturated rings. The van der Waals surface area contributed by atoms with E-state index in [-0.39, 0.29) is 0 Å². The average Bonchev–Trinajstić information content (AvgIpc) is 2.80. The molecule has 0 saturated carbocycles. The lowest BCUT2D eigenvalue weighted by molar-refractivity contribution is 0.463. The highest BCUT2D eigenvalue weighted by Crippen LogP contribution is 2.30. The molecule has 186 valence electrons. The van der Waals surface area contributed by atoms with E-state index in [1.807, 2.05) is 6.07 Å². The second kappa shape index (κ2) is 20.6. The van der Waals surface area contributed by atoms with Crippen LogP contribution in [-0.4, -0.2) is 5.11 Å². The van der Waals surface area contributed by atoms with Crippen molar-refractivity contribution in [3.05, 3.63) is 28.8 Å². The molecule has 0 aliphatic heterocycles. The van der Waals surface area contributed by atoms with Gasteiger partial charge >= 0.3 is 0 Å². The Balaban J connectivity index is 2.56. The summed E-state index contributed by atoms with van der Waals surface area (Å²) in [5, 5.41) is 10.7. The van der Waals surface area contributed by atoms with Gasteiger partial charge in [-0.1, -0.05) is 130 Å². The fourth-order valence-corrected chi connectivity index (χ4v) is 4.99. The molecule has 1 aromatic carbocycles. The fraction of sp³-hybridized carbons (Fsp3) is 0.806. The van der Waals surface area contributed by atoms with Crippen molar-refractivity contribution in [3.8, 4) is 5.75 Å². The minimum absolute atomic E-state index is 0.557. The van der Waals surface area contributed by atoms with E-state index < -0.39 is 0 Å². The third-order valence-electron chi connectivity index (χ3n) is 7.11. The van der Waals surface area contributed by atoms with Gasteiger partial charge in [-0.05, 0) is 61.3 Å². The number of benzene rings is 1. The smallest absolute Gasteiger partial charge is 0.119 e. The van der Waals surface area contributed by atoms with Crippen molar-refractivity contribution in [1.82, 2.24) is 0 Å². The van der Waals surface area contributed by atoms with Gasteiger partial charge in [0.1, 0.15) is 5.75 Å². The maximum Gasteiger partial charge on any atom is 0.119 e. The van der Waals surface area contributed by atoms with Crippen molar-refractivity contribution in [3.63, 3.8) is 0 Å². The fourth-order valence-electron chi connectivity index (χ4n) is 4.99. The molecular weight excluding hydrogens is 388 g/mol. The predicted octanol–water partition coefficient (Wildman–Crippen LogP) is 10.5. The Morgan fingerprint density at radius 2 is 0.812 bits per heavy atom. The maximum absolute atomic E-state index is 10.7. The minimum Gasteiger partial charge on any atom is -0.508 e. The van der Waals surface area contributed by atoms with Crippen molar-refractivity contribution < 1.29 is 5.11 Å². The molecule has 0 unspecified atom stereocenters. The highest BCUT2D eigenvalue weighted by molar-refractivity contribution is 5.45. The van der Waals surface area contributed by atoms with Gasteiger partial charge in [0.2, 0.25) is 0 Å². The zero-order valence-electron chi connectivity index (χ0n) is 22.2. The summed E-state index contributed by atoms with van der Waals surface area (Å²) in [4.78, 5) is 0. The van der Waals surface area contributed by atoms with E-state index in [2.05, 4.69) is 26.8 Å². The van der Waals surface area contributed by atoms with E-state index in [9.17, 15) is 5.11 Å². The first-order chi connectivity index (χ1) is 15.7. The lowest BCUT2D eigenvalue weighted by Gasteiger charge is -2.17. The van der Waals surface area contributed by atoms with E-state index >= 15 is 0 Å². The molecule has 1 heteroatoms. The van der Waals surface area contributed by atoms with Gasteiger partial charge < -0.3 is 5.11 Å². The normalized spacial score (nSPS) is 11.3. The van der Waals surface area contributed by atoms with Crippen LogP contribution in [0, 0.1) is 0 Å². The van der Waals surface area contributed by atoms with Gasteiger partial charge in [0.15, 0.2) is 0 Å². The third-order valence-corrected chi connectivity index (χ3v) is 7.11. The van der Waals surface area contributed by atoms with Crippen molar-refractivity contribution in [2.24, 2.45) is 0 Å². The molecule has 0 amide bonds. The highest BCUT2D eigenvalue weighted by atomic mass is 16.3. The maximum atomic E-state index is 10.7. The molecule has 0 aliphatic rings. The van der Waals surface area contributed by atoms with Crippen LogP contribution < -0.4 is 0 Å². The molecule has 0 aromatic heterocycles. The molecule has 32 heavy (non-hydrogen) atoms. The number of phenols is 1. The number of aryl methyl sites for hydroxylation is 1. The number of rotatable bonds is 22. The van der Waals surface area contributed by atoms with Crippen LogP contribution in [0.4, 0.5) is 0 Å². The zero-order valence-corrected chi connectivity index (χ0v) is 22.2. The van der Waals surface area contributed by atoms with E-state index in [4.69, 9.17) is 0 Å². The van der Waals surface area contributed by atoms with Crippen LogP contribution in [0.25, 0.3) is 0 Å². The summed E-state index contributed by atoms with van der Waals surface area (Å²) in [7, 11) is 0. The molecule has 1 nitrogen and oxygen atoms in total. The molecule has 0 atom stereocenters.